The van der Waals surface area contributed by atoms with Crippen molar-refractivity contribution in [3.63, 3.8) is 0 Å². The summed E-state index contributed by atoms with van der Waals surface area (Å²) in [4.78, 5) is 12.2. The van der Waals surface area contributed by atoms with Gasteiger partial charge in [0.25, 0.3) is 0 Å². The molecule has 0 N–H and O–H groups in total. The number of carbonyl (C=O) groups excluding carboxylic acids is 1. The van der Waals surface area contributed by atoms with E-state index in [4.69, 9.17) is 39.5 Å². The maximum Gasteiger partial charge on any atom is 0.317 e. The first-order chi connectivity index (χ1) is 9.93. The summed E-state index contributed by atoms with van der Waals surface area (Å²) in [6.45, 7) is 1.89. The second-order valence-electron chi connectivity index (χ2n) is 4.65. The first-order valence-electron chi connectivity index (χ1n) is 6.23. The number of esters is 1. The molecule has 0 bridgehead atoms. The quantitative estimate of drug-likeness (QED) is 0.711. The number of benzene rings is 2. The van der Waals surface area contributed by atoms with Gasteiger partial charge >= 0.3 is 5.97 Å². The molecule has 0 aliphatic carbocycles. The van der Waals surface area contributed by atoms with E-state index in [-0.39, 0.29) is 0 Å². The van der Waals surface area contributed by atoms with Crippen LogP contribution in [0.2, 0.25) is 15.1 Å². The Morgan fingerprint density at radius 3 is 2.05 bits per heavy atom. The third-order valence-electron chi connectivity index (χ3n) is 3.15. The maximum absolute atomic E-state index is 12.2. The van der Waals surface area contributed by atoms with Crippen molar-refractivity contribution in [2.45, 2.75) is 12.8 Å². The minimum absolute atomic E-state index is 0.426. The fourth-order valence-electron chi connectivity index (χ4n) is 2.18. The van der Waals surface area contributed by atoms with Gasteiger partial charge in [-0.2, -0.15) is 0 Å². The van der Waals surface area contributed by atoms with Crippen molar-refractivity contribution in [1.82, 2.24) is 0 Å². The van der Waals surface area contributed by atoms with Crippen LogP contribution >= 0.6 is 34.8 Å². The molecule has 0 saturated heterocycles. The van der Waals surface area contributed by atoms with Gasteiger partial charge in [-0.1, -0.05) is 46.9 Å². The van der Waals surface area contributed by atoms with E-state index in [0.29, 0.717) is 20.6 Å². The second kappa shape index (κ2) is 6.69. The molecule has 1 unspecified atom stereocenters. The molecule has 2 nitrogen and oxygen atoms in total. The van der Waals surface area contributed by atoms with Crippen molar-refractivity contribution in [3.8, 4) is 0 Å². The Morgan fingerprint density at radius 1 is 1.05 bits per heavy atom. The van der Waals surface area contributed by atoms with Gasteiger partial charge in [-0.3, -0.25) is 4.79 Å². The summed E-state index contributed by atoms with van der Waals surface area (Å²) < 4.78 is 4.90. The van der Waals surface area contributed by atoms with E-state index in [1.807, 2.05) is 6.92 Å². The van der Waals surface area contributed by atoms with Gasteiger partial charge in [-0.15, -0.1) is 0 Å². The second-order valence-corrected chi connectivity index (χ2v) is 5.90. The van der Waals surface area contributed by atoms with Crippen molar-refractivity contribution in [2.75, 3.05) is 7.11 Å². The van der Waals surface area contributed by atoms with Crippen LogP contribution in [0.25, 0.3) is 0 Å². The average molecular weight is 344 g/mol. The lowest BCUT2D eigenvalue weighted by Crippen LogP contribution is -2.16. The SMILES string of the molecule is COC(=O)C(c1ccc(Cl)cc1)c1c(Cl)cc(C)cc1Cl. The van der Waals surface area contributed by atoms with Gasteiger partial charge in [0, 0.05) is 20.6 Å². The molecule has 0 heterocycles. The minimum Gasteiger partial charge on any atom is -0.468 e. The number of hydrogen-bond donors (Lipinski definition) is 0. The number of rotatable bonds is 3. The zero-order valence-corrected chi connectivity index (χ0v) is 13.8. The highest BCUT2D eigenvalue weighted by Gasteiger charge is 2.28. The van der Waals surface area contributed by atoms with Crippen molar-refractivity contribution < 1.29 is 9.53 Å². The van der Waals surface area contributed by atoms with E-state index in [0.717, 1.165) is 11.1 Å². The summed E-state index contributed by atoms with van der Waals surface area (Å²) in [5, 5.41) is 1.46. The van der Waals surface area contributed by atoms with Gasteiger partial charge in [0.1, 0.15) is 5.92 Å². The van der Waals surface area contributed by atoms with Crippen LogP contribution in [-0.2, 0) is 9.53 Å². The molecule has 0 aliphatic rings. The van der Waals surface area contributed by atoms with E-state index in [1.54, 1.807) is 36.4 Å². The van der Waals surface area contributed by atoms with Gasteiger partial charge in [0.05, 0.1) is 7.11 Å². The first kappa shape index (κ1) is 16.2. The van der Waals surface area contributed by atoms with E-state index in [2.05, 4.69) is 0 Å². The Labute approximate surface area is 138 Å². The zero-order valence-electron chi connectivity index (χ0n) is 11.5. The number of ether oxygens (including phenoxy) is 1. The topological polar surface area (TPSA) is 26.3 Å². The lowest BCUT2D eigenvalue weighted by atomic mass is 9.90. The molecule has 0 fully saturated rings. The summed E-state index contributed by atoms with van der Waals surface area (Å²) in [6, 6.07) is 10.5. The Kier molecular flexibility index (Phi) is 5.15. The zero-order chi connectivity index (χ0) is 15.6. The largest absolute Gasteiger partial charge is 0.468 e. The highest BCUT2D eigenvalue weighted by molar-refractivity contribution is 6.36. The van der Waals surface area contributed by atoms with Crippen LogP contribution in [0.1, 0.15) is 22.6 Å². The number of halogens is 3. The molecule has 2 rings (SSSR count). The van der Waals surface area contributed by atoms with Crippen LogP contribution in [-0.4, -0.2) is 13.1 Å². The van der Waals surface area contributed by atoms with Crippen molar-refractivity contribution in [1.29, 1.82) is 0 Å². The van der Waals surface area contributed by atoms with Crippen LogP contribution in [0.3, 0.4) is 0 Å². The third-order valence-corrected chi connectivity index (χ3v) is 4.03. The molecule has 0 amide bonds. The number of carbonyl (C=O) groups is 1. The Bertz CT molecular complexity index is 643. The Balaban J connectivity index is 2.62. The van der Waals surface area contributed by atoms with Gasteiger partial charge in [-0.25, -0.2) is 0 Å². The van der Waals surface area contributed by atoms with E-state index >= 15 is 0 Å². The molecule has 1 atom stereocenters. The summed E-state index contributed by atoms with van der Waals surface area (Å²) >= 11 is 18.5. The highest BCUT2D eigenvalue weighted by atomic mass is 35.5. The number of aryl methyl sites for hydroxylation is 1. The number of methoxy groups -OCH3 is 1. The fourth-order valence-corrected chi connectivity index (χ4v) is 3.12. The van der Waals surface area contributed by atoms with Crippen molar-refractivity contribution >= 4 is 40.8 Å². The molecule has 110 valence electrons. The highest BCUT2D eigenvalue weighted by Crippen LogP contribution is 2.37. The fraction of sp³-hybridized carbons (Fsp3) is 0.188. The molecule has 0 aliphatic heterocycles. The molecular weight excluding hydrogens is 331 g/mol. The monoisotopic (exact) mass is 342 g/mol. The summed E-state index contributed by atoms with van der Waals surface area (Å²) in [6.07, 6.45) is 0. The van der Waals surface area contributed by atoms with Crippen LogP contribution in [0, 0.1) is 6.92 Å². The lowest BCUT2D eigenvalue weighted by molar-refractivity contribution is -0.141. The predicted molar refractivity (Wildman–Crippen MR) is 86.5 cm³/mol. The molecule has 21 heavy (non-hydrogen) atoms. The Hall–Kier alpha value is -1.22. The summed E-state index contributed by atoms with van der Waals surface area (Å²) in [5.74, 6) is -1.11. The summed E-state index contributed by atoms with van der Waals surface area (Å²) in [5.41, 5.74) is 2.19. The normalized spacial score (nSPS) is 12.0. The lowest BCUT2D eigenvalue weighted by Gasteiger charge is -2.19. The molecule has 0 aromatic heterocycles. The van der Waals surface area contributed by atoms with Crippen LogP contribution < -0.4 is 0 Å². The van der Waals surface area contributed by atoms with Gasteiger partial charge < -0.3 is 4.74 Å². The van der Waals surface area contributed by atoms with E-state index in [1.165, 1.54) is 7.11 Å². The molecule has 2 aromatic rings. The Morgan fingerprint density at radius 2 is 1.57 bits per heavy atom. The number of hydrogen-bond acceptors (Lipinski definition) is 2. The first-order valence-corrected chi connectivity index (χ1v) is 7.36. The minimum atomic E-state index is -0.687. The summed E-state index contributed by atoms with van der Waals surface area (Å²) in [7, 11) is 1.33. The van der Waals surface area contributed by atoms with Crippen LogP contribution in [0.15, 0.2) is 36.4 Å². The molecule has 0 spiro atoms. The standard InChI is InChI=1S/C16H13Cl3O2/c1-9-7-12(18)15(13(19)8-9)14(16(20)21-2)10-3-5-11(17)6-4-10/h3-8,14H,1-2H3. The van der Waals surface area contributed by atoms with Crippen LogP contribution in [0.4, 0.5) is 0 Å². The molecule has 0 radical (unpaired) electrons. The van der Waals surface area contributed by atoms with Gasteiger partial charge in [-0.05, 0) is 42.3 Å². The maximum atomic E-state index is 12.2. The van der Waals surface area contributed by atoms with Crippen molar-refractivity contribution in [2.24, 2.45) is 0 Å². The predicted octanol–water partition coefficient (Wildman–Crippen LogP) is 5.26. The average Bonchev–Trinajstić information content (AvgIpc) is 2.43. The van der Waals surface area contributed by atoms with Gasteiger partial charge in [0.15, 0.2) is 0 Å². The van der Waals surface area contributed by atoms with Crippen molar-refractivity contribution in [3.05, 3.63) is 68.2 Å². The molecule has 5 heteroatoms. The van der Waals surface area contributed by atoms with Crippen LogP contribution in [0.5, 0.6) is 0 Å². The van der Waals surface area contributed by atoms with E-state index in [9.17, 15) is 4.79 Å². The molecular formula is C16H13Cl3O2. The van der Waals surface area contributed by atoms with Gasteiger partial charge in [0.2, 0.25) is 0 Å². The smallest absolute Gasteiger partial charge is 0.317 e. The molecule has 0 saturated carbocycles. The molecule has 2 aromatic carbocycles. The third kappa shape index (κ3) is 3.52. The van der Waals surface area contributed by atoms with E-state index < -0.39 is 11.9 Å².